The first-order valence-corrected chi connectivity index (χ1v) is 7.57. The molecule has 0 radical (unpaired) electrons. The fourth-order valence-electron chi connectivity index (χ4n) is 3.11. The first-order valence-electron chi connectivity index (χ1n) is 7.04. The fraction of sp³-hybridized carbons (Fsp3) is 0.438. The molecule has 19 heavy (non-hydrogen) atoms. The van der Waals surface area contributed by atoms with Crippen LogP contribution in [-0.4, -0.2) is 17.6 Å². The van der Waals surface area contributed by atoms with Crippen molar-refractivity contribution in [2.75, 3.05) is 11.4 Å². The van der Waals surface area contributed by atoms with E-state index in [1.807, 2.05) is 6.20 Å². The van der Waals surface area contributed by atoms with Gasteiger partial charge in [-0.05, 0) is 30.2 Å². The molecular weight excluding hydrogens is 256 g/mol. The van der Waals surface area contributed by atoms with Crippen LogP contribution in [0.1, 0.15) is 31.7 Å². The molecule has 100 valence electrons. The molecule has 0 N–H and O–H groups in total. The molecule has 3 heteroatoms. The lowest BCUT2D eigenvalue weighted by Crippen LogP contribution is -2.29. The second-order valence-corrected chi connectivity index (χ2v) is 5.45. The van der Waals surface area contributed by atoms with E-state index in [9.17, 15) is 0 Å². The normalized spacial score (nSPS) is 19.3. The van der Waals surface area contributed by atoms with Crippen LogP contribution in [0.25, 0.3) is 10.8 Å². The van der Waals surface area contributed by atoms with Gasteiger partial charge in [0.1, 0.15) is 5.82 Å². The van der Waals surface area contributed by atoms with Gasteiger partial charge in [0, 0.05) is 30.0 Å². The highest BCUT2D eigenvalue weighted by Gasteiger charge is 2.25. The van der Waals surface area contributed by atoms with Crippen LogP contribution in [0.4, 0.5) is 5.82 Å². The van der Waals surface area contributed by atoms with Gasteiger partial charge in [-0.1, -0.05) is 31.2 Å². The molecule has 0 amide bonds. The van der Waals surface area contributed by atoms with Crippen molar-refractivity contribution < 1.29 is 0 Å². The minimum atomic E-state index is 0.519. The number of aromatic nitrogens is 1. The largest absolute Gasteiger partial charge is 0.353 e. The summed E-state index contributed by atoms with van der Waals surface area (Å²) in [7, 11) is 0. The number of benzene rings is 1. The standard InChI is InChI=1S/C16H19ClN2/c1-2-13-6-5-9-19(13)16-15-8-4-3-7-14(15)12(10-17)11-18-16/h3-4,7-8,11,13H,2,5-6,9-10H2,1H3. The number of nitrogens with zero attached hydrogens (tertiary/aromatic N) is 2. The molecule has 1 aliphatic heterocycles. The van der Waals surface area contributed by atoms with Crippen LogP contribution in [0.3, 0.4) is 0 Å². The third-order valence-electron chi connectivity index (χ3n) is 4.12. The van der Waals surface area contributed by atoms with Crippen LogP contribution in [0.5, 0.6) is 0 Å². The van der Waals surface area contributed by atoms with Gasteiger partial charge in [0.25, 0.3) is 0 Å². The van der Waals surface area contributed by atoms with Gasteiger partial charge in [-0.3, -0.25) is 0 Å². The monoisotopic (exact) mass is 274 g/mol. The van der Waals surface area contributed by atoms with Crippen molar-refractivity contribution >= 4 is 28.2 Å². The van der Waals surface area contributed by atoms with Crippen molar-refractivity contribution in [1.29, 1.82) is 0 Å². The Morgan fingerprint density at radius 1 is 1.32 bits per heavy atom. The first kappa shape index (κ1) is 12.7. The second-order valence-electron chi connectivity index (χ2n) is 5.18. The molecule has 2 nitrogen and oxygen atoms in total. The van der Waals surface area contributed by atoms with Crippen LogP contribution >= 0.6 is 11.6 Å². The van der Waals surface area contributed by atoms with E-state index in [1.165, 1.54) is 30.0 Å². The van der Waals surface area contributed by atoms with Gasteiger partial charge >= 0.3 is 0 Å². The minimum Gasteiger partial charge on any atom is -0.353 e. The summed E-state index contributed by atoms with van der Waals surface area (Å²) < 4.78 is 0. The molecule has 2 heterocycles. The van der Waals surface area contributed by atoms with Crippen LogP contribution < -0.4 is 4.90 Å². The maximum Gasteiger partial charge on any atom is 0.136 e. The molecule has 0 saturated carbocycles. The van der Waals surface area contributed by atoms with Crippen molar-refractivity contribution in [2.24, 2.45) is 0 Å². The van der Waals surface area contributed by atoms with E-state index in [4.69, 9.17) is 16.6 Å². The van der Waals surface area contributed by atoms with Crippen molar-refractivity contribution in [2.45, 2.75) is 38.1 Å². The second kappa shape index (κ2) is 5.38. The first-order chi connectivity index (χ1) is 9.35. The van der Waals surface area contributed by atoms with Gasteiger partial charge in [-0.15, -0.1) is 11.6 Å². The Morgan fingerprint density at radius 2 is 2.11 bits per heavy atom. The van der Waals surface area contributed by atoms with E-state index in [-0.39, 0.29) is 0 Å². The highest BCUT2D eigenvalue weighted by molar-refractivity contribution is 6.18. The summed E-state index contributed by atoms with van der Waals surface area (Å²) in [5, 5.41) is 2.48. The Bertz CT molecular complexity index is 582. The lowest BCUT2D eigenvalue weighted by molar-refractivity contribution is 0.642. The van der Waals surface area contributed by atoms with E-state index in [0.29, 0.717) is 11.9 Å². The Hall–Kier alpha value is -1.28. The average molecular weight is 275 g/mol. The van der Waals surface area contributed by atoms with E-state index >= 15 is 0 Å². The predicted molar refractivity (Wildman–Crippen MR) is 82.0 cm³/mol. The molecule has 1 aromatic carbocycles. The summed E-state index contributed by atoms with van der Waals surface area (Å²) in [4.78, 5) is 7.17. The maximum atomic E-state index is 6.02. The summed E-state index contributed by atoms with van der Waals surface area (Å²) >= 11 is 6.02. The SMILES string of the molecule is CCC1CCCN1c1ncc(CCl)c2ccccc12. The maximum absolute atomic E-state index is 6.02. The third-order valence-corrected chi connectivity index (χ3v) is 4.41. The summed E-state index contributed by atoms with van der Waals surface area (Å²) in [5.41, 5.74) is 1.12. The average Bonchev–Trinajstić information content (AvgIpc) is 2.94. The van der Waals surface area contributed by atoms with Gasteiger partial charge in [0.15, 0.2) is 0 Å². The van der Waals surface area contributed by atoms with Crippen molar-refractivity contribution in [3.63, 3.8) is 0 Å². The van der Waals surface area contributed by atoms with Crippen molar-refractivity contribution in [1.82, 2.24) is 4.98 Å². The molecule has 0 aliphatic carbocycles. The number of rotatable bonds is 3. The zero-order valence-electron chi connectivity index (χ0n) is 11.3. The molecule has 1 fully saturated rings. The van der Waals surface area contributed by atoms with Crippen LogP contribution in [-0.2, 0) is 5.88 Å². The van der Waals surface area contributed by atoms with E-state index < -0.39 is 0 Å². The Balaban J connectivity index is 2.14. The van der Waals surface area contributed by atoms with Gasteiger partial charge in [0.05, 0.1) is 0 Å². The number of halogens is 1. The molecule has 3 rings (SSSR count). The molecule has 0 spiro atoms. The molecule has 2 aromatic rings. The summed E-state index contributed by atoms with van der Waals surface area (Å²) in [6.45, 7) is 3.38. The van der Waals surface area contributed by atoms with Crippen molar-refractivity contribution in [3.8, 4) is 0 Å². The van der Waals surface area contributed by atoms with E-state index in [2.05, 4.69) is 36.1 Å². The van der Waals surface area contributed by atoms with Gasteiger partial charge < -0.3 is 4.90 Å². The Morgan fingerprint density at radius 3 is 2.84 bits per heavy atom. The zero-order chi connectivity index (χ0) is 13.2. The van der Waals surface area contributed by atoms with E-state index in [1.54, 1.807) is 0 Å². The van der Waals surface area contributed by atoms with Crippen LogP contribution in [0.2, 0.25) is 0 Å². The highest BCUT2D eigenvalue weighted by Crippen LogP contribution is 2.33. The van der Waals surface area contributed by atoms with Crippen LogP contribution in [0, 0.1) is 0 Å². The van der Waals surface area contributed by atoms with Gasteiger partial charge in [0.2, 0.25) is 0 Å². The summed E-state index contributed by atoms with van der Waals surface area (Å²) in [6, 6.07) is 9.11. The molecule has 1 atom stereocenters. The molecule has 1 aliphatic rings. The number of pyridine rings is 1. The lowest BCUT2D eigenvalue weighted by atomic mass is 10.1. The molecule has 0 bridgehead atoms. The van der Waals surface area contributed by atoms with Crippen molar-refractivity contribution in [3.05, 3.63) is 36.0 Å². The zero-order valence-corrected chi connectivity index (χ0v) is 12.0. The topological polar surface area (TPSA) is 16.1 Å². The summed E-state index contributed by atoms with van der Waals surface area (Å²) in [5.74, 6) is 1.65. The van der Waals surface area contributed by atoms with Gasteiger partial charge in [-0.25, -0.2) is 4.98 Å². The number of anilines is 1. The molecular formula is C16H19ClN2. The molecule has 1 saturated heterocycles. The number of hydrogen-bond donors (Lipinski definition) is 0. The minimum absolute atomic E-state index is 0.519. The van der Waals surface area contributed by atoms with E-state index in [0.717, 1.165) is 17.9 Å². The highest BCUT2D eigenvalue weighted by atomic mass is 35.5. The predicted octanol–water partition coefficient (Wildman–Crippen LogP) is 4.35. The third kappa shape index (κ3) is 2.18. The fourth-order valence-corrected chi connectivity index (χ4v) is 3.32. The lowest BCUT2D eigenvalue weighted by Gasteiger charge is -2.26. The number of alkyl halides is 1. The van der Waals surface area contributed by atoms with Gasteiger partial charge in [-0.2, -0.15) is 0 Å². The molecule has 1 aromatic heterocycles. The summed E-state index contributed by atoms with van der Waals surface area (Å²) in [6.07, 6.45) is 5.68. The van der Waals surface area contributed by atoms with Crippen LogP contribution in [0.15, 0.2) is 30.5 Å². The Labute approximate surface area is 119 Å². The number of hydrogen-bond acceptors (Lipinski definition) is 2. The molecule has 1 unspecified atom stereocenters. The smallest absolute Gasteiger partial charge is 0.136 e. The Kier molecular flexibility index (Phi) is 3.61. The number of fused-ring (bicyclic) bond motifs is 1. The quantitative estimate of drug-likeness (QED) is 0.774.